The number of hydrogen-bond donors (Lipinski definition) is 0. The summed E-state index contributed by atoms with van der Waals surface area (Å²) in [6, 6.07) is 0. The van der Waals surface area contributed by atoms with E-state index < -0.39 is 281 Å². The first-order valence-corrected chi connectivity index (χ1v) is 44.1. The number of carbonyl (C=O) groups is 12. The Morgan fingerprint density at radius 1 is 0.419 bits per heavy atom. The molecule has 33 nitrogen and oxygen atoms in total. The van der Waals surface area contributed by atoms with Crippen LogP contribution in [-0.4, -0.2) is 198 Å². The van der Waals surface area contributed by atoms with Crippen molar-refractivity contribution >= 4 is 102 Å². The van der Waals surface area contributed by atoms with Gasteiger partial charge < -0.3 is 70.5 Å². The SMILES string of the molecule is CC(C)C1(OC(=O)C2C3CC4C(OC(=O)C42)C3OC(=O)CCC(=O)OC(C)C(F)(F)S(=O)(=O)[O-])CC2CCC1C2.CC(OC(=O)CCC(=O)OC1C2CC3C1OC(=O)C3C2C(=O)OC1(C)CC2CCC1C2)C(F)(F)S(=O)(=O)[O-].CCC1(OC(=O)C2C3CC4C(OC(=O)C42)C3OC(=O)CCC(=O)OC(C)C(F)(F)S(=O)(=O)[O-])CC2CCC1C2. The third-order valence-electron chi connectivity index (χ3n) is 28.6. The fourth-order valence-electron chi connectivity index (χ4n) is 23.0. The van der Waals surface area contributed by atoms with Crippen molar-refractivity contribution in [2.24, 2.45) is 112 Å². The van der Waals surface area contributed by atoms with E-state index in [9.17, 15) is 123 Å². The van der Waals surface area contributed by atoms with Crippen molar-refractivity contribution in [1.29, 1.82) is 0 Å². The molecule has 3 saturated heterocycles. The van der Waals surface area contributed by atoms with E-state index in [4.69, 9.17) is 42.6 Å². The van der Waals surface area contributed by atoms with Gasteiger partial charge in [-0.3, -0.25) is 57.5 Å². The average molecular weight is 1730 g/mol. The van der Waals surface area contributed by atoms with Gasteiger partial charge in [-0.05, 0) is 172 Å². The molecule has 0 amide bonds. The maximum atomic E-state index is 13.7. The number of halogens is 6. The molecule has 30 unspecified atom stereocenters. The maximum Gasteiger partial charge on any atom is 0.369 e. The van der Waals surface area contributed by atoms with Crippen LogP contribution in [0.4, 0.5) is 26.3 Å². The zero-order valence-electron chi connectivity index (χ0n) is 64.7. The Morgan fingerprint density at radius 2 is 0.726 bits per heavy atom. The van der Waals surface area contributed by atoms with Crippen LogP contribution in [-0.2, 0) is 145 Å². The second-order valence-electron chi connectivity index (χ2n) is 35.2. The molecular formula is C75H93F6O33S3-3. The molecule has 12 bridgehead atoms. The van der Waals surface area contributed by atoms with Crippen molar-refractivity contribution in [1.82, 2.24) is 0 Å². The van der Waals surface area contributed by atoms with Gasteiger partial charge in [0.2, 0.25) is 0 Å². The Balaban J connectivity index is 0.000000152. The molecule has 0 aromatic carbocycles. The Morgan fingerprint density at radius 3 is 1.01 bits per heavy atom. The quantitative estimate of drug-likeness (QED) is 0.0355. The molecule has 117 heavy (non-hydrogen) atoms. The van der Waals surface area contributed by atoms with Crippen molar-refractivity contribution in [2.75, 3.05) is 0 Å². The van der Waals surface area contributed by atoms with E-state index in [1.54, 1.807) is 0 Å². The molecule has 0 aromatic heterocycles. The van der Waals surface area contributed by atoms with Crippen molar-refractivity contribution in [3.05, 3.63) is 0 Å². The summed E-state index contributed by atoms with van der Waals surface area (Å²) in [7, 11) is -18.2. The third kappa shape index (κ3) is 15.8. The molecule has 654 valence electrons. The van der Waals surface area contributed by atoms with Crippen LogP contribution < -0.4 is 0 Å². The van der Waals surface area contributed by atoms with E-state index in [2.05, 4.69) is 14.2 Å². The summed E-state index contributed by atoms with van der Waals surface area (Å²) in [6.07, 6.45) is -2.88. The minimum atomic E-state index is -6.07. The fraction of sp³-hybridized carbons (Fsp3) is 0.840. The second-order valence-corrected chi connectivity index (χ2v) is 39.6. The highest BCUT2D eigenvalue weighted by Gasteiger charge is 2.74. The lowest BCUT2D eigenvalue weighted by Crippen LogP contribution is -2.50. The van der Waals surface area contributed by atoms with E-state index in [1.807, 2.05) is 27.7 Å². The third-order valence-corrected chi connectivity index (χ3v) is 31.6. The second kappa shape index (κ2) is 31.4. The lowest BCUT2D eigenvalue weighted by Gasteiger charge is -2.42. The minimum absolute atomic E-state index is 0.0958. The molecule has 3 aliphatic heterocycles. The Labute approximate surface area is 668 Å². The molecule has 0 aromatic rings. The summed E-state index contributed by atoms with van der Waals surface area (Å²) in [4.78, 5) is 152. The van der Waals surface area contributed by atoms with Gasteiger partial charge in [0.25, 0.3) is 0 Å². The van der Waals surface area contributed by atoms with Gasteiger partial charge in [-0.25, -0.2) is 25.3 Å². The number of fused-ring (bicyclic) bond motifs is 9. The summed E-state index contributed by atoms with van der Waals surface area (Å²) in [5.41, 5.74) is -1.72. The average Bonchev–Trinajstić information content (AvgIpc) is 1.55. The monoisotopic (exact) mass is 1730 g/mol. The van der Waals surface area contributed by atoms with Gasteiger partial charge in [-0.15, -0.1) is 0 Å². The smallest absolute Gasteiger partial charge is 0.369 e. The standard InChI is InChI=1S/C26H34F2O11S.C25H32F2O11S.C24H30F2O11S/c1-11(2)25(10-13-4-5-14(25)8-13)39-24(32)20-16-9-15-19(20)23(31)38-22(15)21(16)37-18(30)7-6-17(29)36-12(3)26(27,28)40(33,34)35;1-3-24(10-12-4-5-13(24)8-12)38-23(31)19-15-9-14-18(19)22(30)37-21(14)20(15)36-17(29)7-6-16(28)35-11(2)25(26,27)39(32,33)34;1-10(24(25,26)38(31,32)33)34-15(27)5-6-16(28)35-19-14-8-13-17(21(29)36-20(13)19)18(14)22(30)37-23(2)9-11-3-4-12(23)7-11/h11-16,19-22H,4-10H2,1-3H3,(H,33,34,35);11-15,18-21H,3-10H2,1-2H3,(H,32,33,34);10-14,17-20H,3-9H2,1-2H3,(H,31,32,33)/p-3. The topological polar surface area (TPSA) is 487 Å². The number of carbonyl (C=O) groups excluding carboxylic acids is 12. The Hall–Kier alpha value is -7.05. The number of alkyl halides is 6. The molecule has 12 aliphatic carbocycles. The Bertz CT molecular complexity index is 4390. The van der Waals surface area contributed by atoms with Crippen molar-refractivity contribution in [3.8, 4) is 0 Å². The van der Waals surface area contributed by atoms with Crippen molar-refractivity contribution < 1.29 is 180 Å². The van der Waals surface area contributed by atoms with Gasteiger partial charge >= 0.3 is 87.4 Å². The first-order valence-electron chi connectivity index (χ1n) is 39.8. The highest BCUT2D eigenvalue weighted by molar-refractivity contribution is 7.87. The Kier molecular flexibility index (Phi) is 23.6. The predicted octanol–water partition coefficient (Wildman–Crippen LogP) is 6.06. The van der Waals surface area contributed by atoms with Gasteiger partial charge in [0.05, 0.1) is 74.0 Å². The van der Waals surface area contributed by atoms with E-state index in [0.717, 1.165) is 77.0 Å². The minimum Gasteiger partial charge on any atom is -0.743 e. The molecule has 15 aliphatic rings. The van der Waals surface area contributed by atoms with Crippen LogP contribution in [0.5, 0.6) is 0 Å². The van der Waals surface area contributed by atoms with E-state index in [1.165, 1.54) is 0 Å². The van der Waals surface area contributed by atoms with Gasteiger partial charge in [0.1, 0.15) is 53.4 Å². The van der Waals surface area contributed by atoms with Crippen LogP contribution in [0, 0.1) is 112 Å². The molecule has 12 saturated carbocycles. The molecule has 0 radical (unpaired) electrons. The summed E-state index contributed by atoms with van der Waals surface area (Å²) >= 11 is 0. The highest BCUT2D eigenvalue weighted by atomic mass is 32.2. The number of rotatable bonds is 29. The van der Waals surface area contributed by atoms with Crippen LogP contribution >= 0.6 is 0 Å². The fourth-order valence-corrected chi connectivity index (χ4v) is 24.4. The van der Waals surface area contributed by atoms with Crippen molar-refractivity contribution in [2.45, 2.75) is 277 Å². The maximum absolute atomic E-state index is 13.7. The van der Waals surface area contributed by atoms with E-state index in [-0.39, 0.29) is 35.5 Å². The molecule has 3 heterocycles. The van der Waals surface area contributed by atoms with E-state index >= 15 is 0 Å². The number of ether oxygens (including phenoxy) is 12. The van der Waals surface area contributed by atoms with Crippen LogP contribution in [0.1, 0.15) is 190 Å². The number of hydrogen-bond acceptors (Lipinski definition) is 33. The summed E-state index contributed by atoms with van der Waals surface area (Å²) in [6.45, 7) is 9.62. The van der Waals surface area contributed by atoms with Crippen LogP contribution in [0.15, 0.2) is 0 Å². The van der Waals surface area contributed by atoms with Gasteiger partial charge in [0.15, 0.2) is 48.7 Å². The lowest BCUT2D eigenvalue weighted by molar-refractivity contribution is -0.186. The first kappa shape index (κ1) is 87.8. The number of esters is 12. The predicted molar refractivity (Wildman–Crippen MR) is 367 cm³/mol. The molecule has 42 heteroatoms. The van der Waals surface area contributed by atoms with Gasteiger partial charge in [0, 0.05) is 35.5 Å². The normalized spacial score (nSPS) is 39.0. The molecule has 30 atom stereocenters. The summed E-state index contributed by atoms with van der Waals surface area (Å²) in [5, 5.41) is -14.5. The molecule has 0 N–H and O–H groups in total. The van der Waals surface area contributed by atoms with Crippen LogP contribution in [0.25, 0.3) is 0 Å². The first-order chi connectivity index (χ1) is 54.4. The van der Waals surface area contributed by atoms with Crippen LogP contribution in [0.3, 0.4) is 0 Å². The van der Waals surface area contributed by atoms with Gasteiger partial charge in [-0.2, -0.15) is 26.3 Å². The zero-order valence-corrected chi connectivity index (χ0v) is 67.1. The molecule has 15 rings (SSSR count). The van der Waals surface area contributed by atoms with E-state index in [0.29, 0.717) is 70.1 Å². The lowest BCUT2D eigenvalue weighted by atomic mass is 9.75. The summed E-state index contributed by atoms with van der Waals surface area (Å²) in [5.74, 6) is -14.2. The summed E-state index contributed by atoms with van der Waals surface area (Å²) < 4.78 is 242. The van der Waals surface area contributed by atoms with Crippen molar-refractivity contribution in [3.63, 3.8) is 0 Å². The van der Waals surface area contributed by atoms with Crippen LogP contribution in [0.2, 0.25) is 0 Å². The molecular weight excluding hydrogens is 1640 g/mol. The van der Waals surface area contributed by atoms with Gasteiger partial charge in [-0.1, -0.05) is 20.8 Å². The largest absolute Gasteiger partial charge is 0.743 e. The molecule has 0 spiro atoms. The zero-order chi connectivity index (χ0) is 85.6. The highest BCUT2D eigenvalue weighted by Crippen LogP contribution is 2.65. The molecule has 15 fully saturated rings.